The summed E-state index contributed by atoms with van der Waals surface area (Å²) in [6.07, 6.45) is 1.52. The van der Waals surface area contributed by atoms with Crippen LogP contribution in [0.5, 0.6) is 0 Å². The van der Waals surface area contributed by atoms with E-state index in [1.807, 2.05) is 4.90 Å². The molecule has 2 aromatic rings. The normalized spacial score (nSPS) is 17.1. The molecule has 1 aromatic heterocycles. The number of hydrogen-bond donors (Lipinski definition) is 1. The van der Waals surface area contributed by atoms with E-state index in [0.29, 0.717) is 16.8 Å². The van der Waals surface area contributed by atoms with Crippen molar-refractivity contribution in [2.75, 3.05) is 22.9 Å². The first kappa shape index (κ1) is 10.3. The average Bonchev–Trinajstić information content (AvgIpc) is 3.12. The van der Waals surface area contributed by atoms with Gasteiger partial charge in [-0.05, 0) is 12.1 Å². The lowest BCUT2D eigenvalue weighted by Gasteiger charge is -2.13. The van der Waals surface area contributed by atoms with E-state index in [1.54, 1.807) is 24.3 Å². The Morgan fingerprint density at radius 2 is 1.68 bits per heavy atom. The number of H-pyrrole nitrogens is 1. The molecule has 0 aliphatic carbocycles. The van der Waals surface area contributed by atoms with E-state index >= 15 is 0 Å². The molecule has 0 radical (unpaired) electrons. The van der Waals surface area contributed by atoms with Crippen molar-refractivity contribution in [3.05, 3.63) is 41.6 Å². The quantitative estimate of drug-likeness (QED) is 0.642. The largest absolute Gasteiger partial charge is 0.352 e. The smallest absolute Gasteiger partial charge is 0.266 e. The summed E-state index contributed by atoms with van der Waals surface area (Å²) < 4.78 is 0. The molecule has 2 aliphatic heterocycles. The Labute approximate surface area is 108 Å². The second kappa shape index (κ2) is 3.44. The molecule has 0 bridgehead atoms. The molecule has 2 amide bonds. The van der Waals surface area contributed by atoms with Gasteiger partial charge in [0.1, 0.15) is 11.5 Å². The highest BCUT2D eigenvalue weighted by atomic mass is 16.2. The predicted octanol–water partition coefficient (Wildman–Crippen LogP) is 1.03. The Balaban J connectivity index is 1.83. The Morgan fingerprint density at radius 3 is 2.26 bits per heavy atom. The van der Waals surface area contributed by atoms with Crippen LogP contribution in [0.2, 0.25) is 0 Å². The molecule has 1 fully saturated rings. The second-order valence-electron chi connectivity index (χ2n) is 4.58. The number of rotatable bonds is 2. The number of aromatic nitrogens is 2. The third-order valence-electron chi connectivity index (χ3n) is 3.40. The van der Waals surface area contributed by atoms with Crippen molar-refractivity contribution in [3.63, 3.8) is 0 Å². The van der Waals surface area contributed by atoms with Crippen LogP contribution >= 0.6 is 0 Å². The molecule has 3 heterocycles. The molecule has 1 aromatic carbocycles. The van der Waals surface area contributed by atoms with E-state index in [4.69, 9.17) is 0 Å². The molecule has 6 nitrogen and oxygen atoms in total. The van der Waals surface area contributed by atoms with Crippen molar-refractivity contribution < 1.29 is 9.59 Å². The molecule has 6 heteroatoms. The van der Waals surface area contributed by atoms with Crippen LogP contribution in [0.3, 0.4) is 0 Å². The number of hydrogen-bond acceptors (Lipinski definition) is 4. The van der Waals surface area contributed by atoms with Crippen LogP contribution in [0.1, 0.15) is 20.7 Å². The minimum atomic E-state index is -0.287. The van der Waals surface area contributed by atoms with Gasteiger partial charge in [0.05, 0.1) is 17.3 Å². The maximum atomic E-state index is 12.3. The Hall–Kier alpha value is -2.63. The molecule has 1 N–H and O–H groups in total. The minimum Gasteiger partial charge on any atom is -0.352 e. The zero-order valence-corrected chi connectivity index (χ0v) is 9.96. The summed E-state index contributed by atoms with van der Waals surface area (Å²) >= 11 is 0. The van der Waals surface area contributed by atoms with E-state index in [0.717, 1.165) is 18.9 Å². The second-order valence-corrected chi connectivity index (χ2v) is 4.58. The Morgan fingerprint density at radius 1 is 1.05 bits per heavy atom. The van der Waals surface area contributed by atoms with Crippen LogP contribution < -0.4 is 9.80 Å². The van der Waals surface area contributed by atoms with E-state index in [2.05, 4.69) is 10.2 Å². The van der Waals surface area contributed by atoms with E-state index in [1.165, 1.54) is 11.1 Å². The van der Waals surface area contributed by atoms with Crippen molar-refractivity contribution in [2.24, 2.45) is 0 Å². The van der Waals surface area contributed by atoms with Crippen LogP contribution in [-0.4, -0.2) is 35.1 Å². The van der Waals surface area contributed by atoms with Crippen LogP contribution in [0.25, 0.3) is 0 Å². The summed E-state index contributed by atoms with van der Waals surface area (Å²) in [4.78, 5) is 27.9. The lowest BCUT2D eigenvalue weighted by Crippen LogP contribution is -2.29. The number of amides is 2. The Bertz CT molecular complexity index is 667. The number of anilines is 2. The van der Waals surface area contributed by atoms with Gasteiger partial charge in [-0.15, -0.1) is 0 Å². The van der Waals surface area contributed by atoms with Crippen molar-refractivity contribution in [2.45, 2.75) is 0 Å². The highest BCUT2D eigenvalue weighted by molar-refractivity contribution is 6.35. The van der Waals surface area contributed by atoms with Gasteiger partial charge in [0.2, 0.25) is 0 Å². The molecule has 0 saturated carbocycles. The molecule has 19 heavy (non-hydrogen) atoms. The third-order valence-corrected chi connectivity index (χ3v) is 3.40. The van der Waals surface area contributed by atoms with Gasteiger partial charge in [-0.1, -0.05) is 12.1 Å². The van der Waals surface area contributed by atoms with Gasteiger partial charge in [-0.3, -0.25) is 14.7 Å². The molecule has 1 saturated heterocycles. The van der Waals surface area contributed by atoms with E-state index in [9.17, 15) is 9.59 Å². The van der Waals surface area contributed by atoms with Gasteiger partial charge in [-0.25, -0.2) is 4.90 Å². The summed E-state index contributed by atoms with van der Waals surface area (Å²) in [5.41, 5.74) is 1.43. The standard InChI is InChI=1S/C13H10N4O2/c18-12-8-3-1-2-4-9(8)13(19)17(12)10-7-14-15-11(10)16-5-6-16/h1-4,7H,5-6H2,(H,14,15). The van der Waals surface area contributed by atoms with E-state index < -0.39 is 0 Å². The summed E-state index contributed by atoms with van der Waals surface area (Å²) in [5.74, 6) is 0.157. The number of carbonyl (C=O) groups excluding carboxylic acids is 2. The Kier molecular flexibility index (Phi) is 1.87. The van der Waals surface area contributed by atoms with Gasteiger partial charge in [0.25, 0.3) is 11.8 Å². The lowest BCUT2D eigenvalue weighted by atomic mass is 10.1. The monoisotopic (exact) mass is 254 g/mol. The SMILES string of the molecule is O=C1c2ccccc2C(=O)N1c1cn[nH]c1N1CC1. The molecule has 0 spiro atoms. The topological polar surface area (TPSA) is 69.1 Å². The number of carbonyl (C=O) groups is 2. The lowest BCUT2D eigenvalue weighted by molar-refractivity contribution is 0.0926. The number of aromatic amines is 1. The molecule has 94 valence electrons. The van der Waals surface area contributed by atoms with Crippen molar-refractivity contribution in [3.8, 4) is 0 Å². The zero-order valence-electron chi connectivity index (χ0n) is 9.96. The molecule has 0 atom stereocenters. The van der Waals surface area contributed by atoms with Crippen LogP contribution in [0.15, 0.2) is 30.5 Å². The van der Waals surface area contributed by atoms with Crippen LogP contribution in [0, 0.1) is 0 Å². The van der Waals surface area contributed by atoms with Crippen molar-refractivity contribution in [1.29, 1.82) is 0 Å². The zero-order chi connectivity index (χ0) is 13.0. The summed E-state index contributed by atoms with van der Waals surface area (Å²) in [5, 5.41) is 6.79. The maximum Gasteiger partial charge on any atom is 0.266 e. The number of benzene rings is 1. The van der Waals surface area contributed by atoms with Gasteiger partial charge < -0.3 is 4.90 Å². The van der Waals surface area contributed by atoms with Gasteiger partial charge in [0.15, 0.2) is 0 Å². The first-order valence-electron chi connectivity index (χ1n) is 6.03. The molecular formula is C13H10N4O2. The predicted molar refractivity (Wildman–Crippen MR) is 68.4 cm³/mol. The third kappa shape index (κ3) is 1.33. The fourth-order valence-corrected chi connectivity index (χ4v) is 2.35. The van der Waals surface area contributed by atoms with Crippen LogP contribution in [-0.2, 0) is 0 Å². The van der Waals surface area contributed by atoms with Crippen LogP contribution in [0.4, 0.5) is 11.5 Å². The maximum absolute atomic E-state index is 12.3. The molecule has 4 rings (SSSR count). The highest BCUT2D eigenvalue weighted by Gasteiger charge is 2.39. The van der Waals surface area contributed by atoms with Gasteiger partial charge in [-0.2, -0.15) is 5.10 Å². The van der Waals surface area contributed by atoms with Gasteiger partial charge in [0, 0.05) is 13.1 Å². The molecule has 2 aliphatic rings. The average molecular weight is 254 g/mol. The molecular weight excluding hydrogens is 244 g/mol. The minimum absolute atomic E-state index is 0.287. The fourth-order valence-electron chi connectivity index (χ4n) is 2.35. The number of nitrogens with one attached hydrogen (secondary N) is 1. The van der Waals surface area contributed by atoms with E-state index in [-0.39, 0.29) is 11.8 Å². The summed E-state index contributed by atoms with van der Waals surface area (Å²) in [7, 11) is 0. The van der Waals surface area contributed by atoms with Gasteiger partial charge >= 0.3 is 0 Å². The summed E-state index contributed by atoms with van der Waals surface area (Å²) in [6.45, 7) is 1.83. The fraction of sp³-hybridized carbons (Fsp3) is 0.154. The first-order valence-corrected chi connectivity index (χ1v) is 6.03. The van der Waals surface area contributed by atoms with Crippen molar-refractivity contribution >= 4 is 23.3 Å². The highest BCUT2D eigenvalue weighted by Crippen LogP contribution is 2.35. The van der Waals surface area contributed by atoms with Crippen molar-refractivity contribution in [1.82, 2.24) is 10.2 Å². The summed E-state index contributed by atoms with van der Waals surface area (Å²) in [6, 6.07) is 6.86. The first-order chi connectivity index (χ1) is 9.27. The number of fused-ring (bicyclic) bond motifs is 1. The molecule has 0 unspecified atom stereocenters. The number of imide groups is 1. The number of nitrogens with zero attached hydrogens (tertiary/aromatic N) is 3.